The average molecular weight is 254 g/mol. The molecule has 74 valence electrons. The van der Waals surface area contributed by atoms with Crippen LogP contribution in [0.3, 0.4) is 0 Å². The first-order valence-corrected chi connectivity index (χ1v) is 5.26. The lowest BCUT2D eigenvalue weighted by molar-refractivity contribution is 0.712. The standard InChI is InChI=1S/C10H12BrN3/c1-6(12)10-8-4-3-7(11)5-9(8)14(2)13-10/h3-6H,12H2,1-2H3. The number of benzene rings is 1. The Morgan fingerprint density at radius 1 is 1.50 bits per heavy atom. The fraction of sp³-hybridized carbons (Fsp3) is 0.300. The summed E-state index contributed by atoms with van der Waals surface area (Å²) in [6.45, 7) is 1.95. The monoisotopic (exact) mass is 253 g/mol. The number of nitrogens with zero attached hydrogens (tertiary/aromatic N) is 2. The second-order valence-electron chi connectivity index (χ2n) is 3.46. The third kappa shape index (κ3) is 1.44. The van der Waals surface area contributed by atoms with Gasteiger partial charge in [-0.05, 0) is 25.1 Å². The highest BCUT2D eigenvalue weighted by atomic mass is 79.9. The number of aromatic nitrogens is 2. The van der Waals surface area contributed by atoms with Crippen LogP contribution < -0.4 is 5.73 Å². The number of rotatable bonds is 1. The van der Waals surface area contributed by atoms with Crippen LogP contribution in [0.5, 0.6) is 0 Å². The lowest BCUT2D eigenvalue weighted by Gasteiger charge is -1.99. The van der Waals surface area contributed by atoms with Crippen LogP contribution in [0.15, 0.2) is 22.7 Å². The number of hydrogen-bond donors (Lipinski definition) is 1. The molecule has 0 bridgehead atoms. The maximum atomic E-state index is 5.84. The van der Waals surface area contributed by atoms with E-state index in [2.05, 4.69) is 21.0 Å². The van der Waals surface area contributed by atoms with Gasteiger partial charge in [0.05, 0.1) is 11.2 Å². The molecule has 1 aromatic carbocycles. The van der Waals surface area contributed by atoms with E-state index >= 15 is 0 Å². The Hall–Kier alpha value is -0.870. The number of halogens is 1. The molecule has 2 aromatic rings. The first kappa shape index (κ1) is 9.68. The summed E-state index contributed by atoms with van der Waals surface area (Å²) < 4.78 is 2.92. The molecular formula is C10H12BrN3. The zero-order valence-electron chi connectivity index (χ0n) is 8.16. The second kappa shape index (κ2) is 3.37. The molecular weight excluding hydrogens is 242 g/mol. The molecule has 0 aliphatic carbocycles. The third-order valence-electron chi connectivity index (χ3n) is 2.27. The molecule has 0 radical (unpaired) electrons. The maximum Gasteiger partial charge on any atom is 0.0867 e. The lowest BCUT2D eigenvalue weighted by atomic mass is 10.1. The largest absolute Gasteiger partial charge is 0.323 e. The van der Waals surface area contributed by atoms with Crippen LogP contribution in [0.1, 0.15) is 18.7 Å². The minimum atomic E-state index is -0.0279. The van der Waals surface area contributed by atoms with Crippen LogP contribution in [0, 0.1) is 0 Å². The maximum absolute atomic E-state index is 5.84. The molecule has 14 heavy (non-hydrogen) atoms. The van der Waals surface area contributed by atoms with Gasteiger partial charge in [0.15, 0.2) is 0 Å². The Bertz CT molecular complexity index is 473. The predicted molar refractivity (Wildman–Crippen MR) is 61.0 cm³/mol. The first-order valence-electron chi connectivity index (χ1n) is 4.47. The Morgan fingerprint density at radius 3 is 2.86 bits per heavy atom. The van der Waals surface area contributed by atoms with Crippen molar-refractivity contribution in [2.45, 2.75) is 13.0 Å². The Balaban J connectivity index is 2.77. The highest BCUT2D eigenvalue weighted by molar-refractivity contribution is 9.10. The van der Waals surface area contributed by atoms with Gasteiger partial charge in [0.2, 0.25) is 0 Å². The summed E-state index contributed by atoms with van der Waals surface area (Å²) in [6.07, 6.45) is 0. The van der Waals surface area contributed by atoms with E-state index in [4.69, 9.17) is 5.73 Å². The summed E-state index contributed by atoms with van der Waals surface area (Å²) in [4.78, 5) is 0. The molecule has 0 aliphatic rings. The van der Waals surface area contributed by atoms with Crippen molar-refractivity contribution in [3.05, 3.63) is 28.4 Å². The van der Waals surface area contributed by atoms with Crippen LogP contribution in [0.2, 0.25) is 0 Å². The zero-order chi connectivity index (χ0) is 10.3. The summed E-state index contributed by atoms with van der Waals surface area (Å²) in [5.74, 6) is 0. The van der Waals surface area contributed by atoms with Gasteiger partial charge < -0.3 is 5.73 Å². The molecule has 0 saturated heterocycles. The van der Waals surface area contributed by atoms with Gasteiger partial charge >= 0.3 is 0 Å². The number of aryl methyl sites for hydroxylation is 1. The van der Waals surface area contributed by atoms with E-state index in [0.717, 1.165) is 21.1 Å². The highest BCUT2D eigenvalue weighted by Gasteiger charge is 2.11. The van der Waals surface area contributed by atoms with E-state index in [1.807, 2.05) is 36.9 Å². The quantitative estimate of drug-likeness (QED) is 0.848. The molecule has 0 fully saturated rings. The second-order valence-corrected chi connectivity index (χ2v) is 4.37. The third-order valence-corrected chi connectivity index (χ3v) is 2.77. The highest BCUT2D eigenvalue weighted by Crippen LogP contribution is 2.24. The summed E-state index contributed by atoms with van der Waals surface area (Å²) >= 11 is 3.44. The molecule has 1 aromatic heterocycles. The molecule has 0 aliphatic heterocycles. The Labute approximate surface area is 91.0 Å². The first-order chi connectivity index (χ1) is 6.59. The van der Waals surface area contributed by atoms with E-state index in [-0.39, 0.29) is 6.04 Å². The molecule has 2 N–H and O–H groups in total. The van der Waals surface area contributed by atoms with Crippen molar-refractivity contribution in [3.8, 4) is 0 Å². The predicted octanol–water partition coefficient (Wildman–Crippen LogP) is 2.36. The Morgan fingerprint density at radius 2 is 2.21 bits per heavy atom. The summed E-state index contributed by atoms with van der Waals surface area (Å²) in [5.41, 5.74) is 7.90. The van der Waals surface area contributed by atoms with Gasteiger partial charge in [-0.1, -0.05) is 15.9 Å². The lowest BCUT2D eigenvalue weighted by Crippen LogP contribution is -2.06. The van der Waals surface area contributed by atoms with E-state index in [1.54, 1.807) is 0 Å². The van der Waals surface area contributed by atoms with Gasteiger partial charge in [-0.3, -0.25) is 4.68 Å². The van der Waals surface area contributed by atoms with Gasteiger partial charge in [-0.2, -0.15) is 5.10 Å². The summed E-state index contributed by atoms with van der Waals surface area (Å²) in [6, 6.07) is 6.08. The van der Waals surface area contributed by atoms with Crippen molar-refractivity contribution in [1.29, 1.82) is 0 Å². The van der Waals surface area contributed by atoms with Crippen molar-refractivity contribution in [3.63, 3.8) is 0 Å². The van der Waals surface area contributed by atoms with E-state index < -0.39 is 0 Å². The molecule has 0 saturated carbocycles. The number of fused-ring (bicyclic) bond motifs is 1. The Kier molecular flexibility index (Phi) is 2.33. The molecule has 1 heterocycles. The van der Waals surface area contributed by atoms with Gasteiger partial charge in [0.1, 0.15) is 0 Å². The summed E-state index contributed by atoms with van der Waals surface area (Å²) in [5, 5.41) is 5.53. The van der Waals surface area contributed by atoms with E-state index in [0.29, 0.717) is 0 Å². The molecule has 3 nitrogen and oxygen atoms in total. The number of nitrogens with two attached hydrogens (primary N) is 1. The summed E-state index contributed by atoms with van der Waals surface area (Å²) in [7, 11) is 1.93. The molecule has 1 unspecified atom stereocenters. The minimum Gasteiger partial charge on any atom is -0.323 e. The SMILES string of the molecule is CC(N)c1nn(C)c2cc(Br)ccc12. The van der Waals surface area contributed by atoms with Gasteiger partial charge in [0, 0.05) is 22.9 Å². The van der Waals surface area contributed by atoms with Crippen molar-refractivity contribution >= 4 is 26.8 Å². The van der Waals surface area contributed by atoms with Crippen LogP contribution in [-0.4, -0.2) is 9.78 Å². The van der Waals surface area contributed by atoms with Crippen LogP contribution >= 0.6 is 15.9 Å². The van der Waals surface area contributed by atoms with Crippen LogP contribution in [0.4, 0.5) is 0 Å². The normalized spacial score (nSPS) is 13.4. The van der Waals surface area contributed by atoms with Crippen molar-refractivity contribution in [2.24, 2.45) is 12.8 Å². The minimum absolute atomic E-state index is 0.0279. The van der Waals surface area contributed by atoms with Gasteiger partial charge in [0.25, 0.3) is 0 Å². The average Bonchev–Trinajstić information content (AvgIpc) is 2.44. The van der Waals surface area contributed by atoms with E-state index in [9.17, 15) is 0 Å². The molecule has 1 atom stereocenters. The number of hydrogen-bond acceptors (Lipinski definition) is 2. The fourth-order valence-corrected chi connectivity index (χ4v) is 1.94. The van der Waals surface area contributed by atoms with Crippen LogP contribution in [0.25, 0.3) is 10.9 Å². The topological polar surface area (TPSA) is 43.8 Å². The van der Waals surface area contributed by atoms with E-state index in [1.165, 1.54) is 0 Å². The molecule has 0 spiro atoms. The van der Waals surface area contributed by atoms with Crippen molar-refractivity contribution in [2.75, 3.05) is 0 Å². The van der Waals surface area contributed by atoms with Crippen molar-refractivity contribution < 1.29 is 0 Å². The fourth-order valence-electron chi connectivity index (χ4n) is 1.59. The smallest absolute Gasteiger partial charge is 0.0867 e. The zero-order valence-corrected chi connectivity index (χ0v) is 9.75. The molecule has 2 rings (SSSR count). The molecule has 0 amide bonds. The van der Waals surface area contributed by atoms with Crippen LogP contribution in [-0.2, 0) is 7.05 Å². The molecule has 4 heteroatoms. The van der Waals surface area contributed by atoms with Gasteiger partial charge in [-0.25, -0.2) is 0 Å². The van der Waals surface area contributed by atoms with Gasteiger partial charge in [-0.15, -0.1) is 0 Å². The van der Waals surface area contributed by atoms with Crippen molar-refractivity contribution in [1.82, 2.24) is 9.78 Å².